The number of imide groups is 1. The maximum Gasteiger partial charge on any atom is 0.329 e. The van der Waals surface area contributed by atoms with Gasteiger partial charge in [0, 0.05) is 5.56 Å². The van der Waals surface area contributed by atoms with E-state index < -0.39 is 5.54 Å². The van der Waals surface area contributed by atoms with Gasteiger partial charge in [-0.3, -0.25) is 4.79 Å². The van der Waals surface area contributed by atoms with Crippen molar-refractivity contribution in [3.63, 3.8) is 0 Å². The van der Waals surface area contributed by atoms with Crippen molar-refractivity contribution in [1.29, 1.82) is 0 Å². The highest BCUT2D eigenvalue weighted by atomic mass is 35.5. The number of halogens is 2. The van der Waals surface area contributed by atoms with E-state index in [2.05, 4.69) is 12.2 Å². The molecule has 1 aromatic carbocycles. The minimum atomic E-state index is -0.673. The van der Waals surface area contributed by atoms with E-state index >= 15 is 0 Å². The van der Waals surface area contributed by atoms with Crippen molar-refractivity contribution in [2.75, 3.05) is 13.7 Å². The zero-order valence-electron chi connectivity index (χ0n) is 14.6. The standard InChI is InChI=1S/C18H23Cl2N3O2/c1-12-5-7-18(8-6-12)16(24)23(17(25)21-18)11-22(2)10-13-3-4-14(19)15(20)9-13/h3-4,9,12H,5-8,10-11H2,1-2H3,(H,21,25)/p+1. The molecular weight excluding hydrogens is 361 g/mol. The number of nitrogens with one attached hydrogen (secondary N) is 2. The lowest BCUT2D eigenvalue weighted by Crippen LogP contribution is -3.09. The quantitative estimate of drug-likeness (QED) is 0.783. The Balaban J connectivity index is 1.64. The summed E-state index contributed by atoms with van der Waals surface area (Å²) in [5.74, 6) is 0.546. The summed E-state index contributed by atoms with van der Waals surface area (Å²) in [6, 6.07) is 5.22. The molecule has 1 aliphatic carbocycles. The molecule has 2 N–H and O–H groups in total. The van der Waals surface area contributed by atoms with Crippen LogP contribution in [0, 0.1) is 5.92 Å². The lowest BCUT2D eigenvalue weighted by molar-refractivity contribution is -0.901. The third kappa shape index (κ3) is 3.78. The molecule has 2 fully saturated rings. The normalized spacial score (nSPS) is 27.7. The molecule has 1 aromatic rings. The van der Waals surface area contributed by atoms with Crippen molar-refractivity contribution >= 4 is 35.1 Å². The molecule has 25 heavy (non-hydrogen) atoms. The summed E-state index contributed by atoms with van der Waals surface area (Å²) in [6.45, 7) is 3.18. The molecule has 1 aliphatic heterocycles. The van der Waals surface area contributed by atoms with Gasteiger partial charge < -0.3 is 10.2 Å². The van der Waals surface area contributed by atoms with Crippen LogP contribution in [0.5, 0.6) is 0 Å². The first-order valence-electron chi connectivity index (χ1n) is 8.70. The second kappa shape index (κ2) is 7.14. The maximum atomic E-state index is 12.9. The van der Waals surface area contributed by atoms with Crippen LogP contribution >= 0.6 is 23.2 Å². The van der Waals surface area contributed by atoms with E-state index in [4.69, 9.17) is 23.2 Å². The molecule has 1 spiro atoms. The molecule has 7 heteroatoms. The van der Waals surface area contributed by atoms with Gasteiger partial charge in [0.05, 0.1) is 17.1 Å². The molecule has 3 amide bonds. The van der Waals surface area contributed by atoms with E-state index in [1.54, 1.807) is 6.07 Å². The van der Waals surface area contributed by atoms with Crippen molar-refractivity contribution in [3.8, 4) is 0 Å². The minimum absolute atomic E-state index is 0.0714. The summed E-state index contributed by atoms with van der Waals surface area (Å²) >= 11 is 12.0. The predicted octanol–water partition coefficient (Wildman–Crippen LogP) is 2.47. The third-order valence-corrected chi connectivity index (χ3v) is 6.03. The zero-order chi connectivity index (χ0) is 18.2. The van der Waals surface area contributed by atoms with Crippen LogP contribution in [-0.4, -0.2) is 36.1 Å². The molecular formula is C18H24Cl2N3O2+. The smallest absolute Gasteiger partial charge is 0.323 e. The average Bonchev–Trinajstić information content (AvgIpc) is 2.78. The second-order valence-corrected chi connectivity index (χ2v) is 8.28. The first-order valence-corrected chi connectivity index (χ1v) is 9.46. The highest BCUT2D eigenvalue weighted by Gasteiger charge is 2.52. The Morgan fingerprint density at radius 1 is 1.24 bits per heavy atom. The Morgan fingerprint density at radius 3 is 2.56 bits per heavy atom. The lowest BCUT2D eigenvalue weighted by Gasteiger charge is -2.33. The zero-order valence-corrected chi connectivity index (χ0v) is 16.1. The Labute approximate surface area is 158 Å². The van der Waals surface area contributed by atoms with Crippen LogP contribution in [0.3, 0.4) is 0 Å². The number of amides is 3. The van der Waals surface area contributed by atoms with Gasteiger partial charge in [-0.15, -0.1) is 0 Å². The van der Waals surface area contributed by atoms with Crippen molar-refractivity contribution in [2.45, 2.75) is 44.7 Å². The summed E-state index contributed by atoms with van der Waals surface area (Å²) in [5, 5.41) is 3.99. The molecule has 1 saturated heterocycles. The van der Waals surface area contributed by atoms with Crippen LogP contribution in [0.1, 0.15) is 38.2 Å². The summed E-state index contributed by atoms with van der Waals surface area (Å²) in [7, 11) is 1.96. The fourth-order valence-electron chi connectivity index (χ4n) is 3.74. The first-order chi connectivity index (χ1) is 11.8. The number of carbonyl (C=O) groups excluding carboxylic acids is 2. The van der Waals surface area contributed by atoms with E-state index in [-0.39, 0.29) is 11.9 Å². The fraction of sp³-hybridized carbons (Fsp3) is 0.556. The Morgan fingerprint density at radius 2 is 1.92 bits per heavy atom. The van der Waals surface area contributed by atoms with Crippen molar-refractivity contribution in [1.82, 2.24) is 10.2 Å². The predicted molar refractivity (Wildman–Crippen MR) is 97.7 cm³/mol. The van der Waals surface area contributed by atoms with Gasteiger partial charge >= 0.3 is 6.03 Å². The molecule has 1 atom stereocenters. The van der Waals surface area contributed by atoms with Crippen molar-refractivity contribution < 1.29 is 14.5 Å². The number of rotatable bonds is 4. The van der Waals surface area contributed by atoms with E-state index in [0.29, 0.717) is 29.2 Å². The highest BCUT2D eigenvalue weighted by molar-refractivity contribution is 6.42. The number of hydrogen-bond acceptors (Lipinski definition) is 2. The molecule has 0 aromatic heterocycles. The van der Waals surface area contributed by atoms with Gasteiger partial charge in [-0.2, -0.15) is 0 Å². The Bertz CT molecular complexity index is 687. The minimum Gasteiger partial charge on any atom is -0.323 e. The van der Waals surface area contributed by atoms with Gasteiger partial charge in [0.2, 0.25) is 0 Å². The molecule has 0 bridgehead atoms. The third-order valence-electron chi connectivity index (χ3n) is 5.29. The summed E-state index contributed by atoms with van der Waals surface area (Å²) in [6.07, 6.45) is 3.43. The van der Waals surface area contributed by atoms with E-state index in [9.17, 15) is 9.59 Å². The molecule has 3 rings (SSSR count). The number of quaternary nitrogens is 1. The summed E-state index contributed by atoms with van der Waals surface area (Å²) in [4.78, 5) is 27.6. The molecule has 1 heterocycles. The monoisotopic (exact) mass is 384 g/mol. The number of carbonyl (C=O) groups is 2. The van der Waals surface area contributed by atoms with Crippen LogP contribution in [0.15, 0.2) is 18.2 Å². The van der Waals surface area contributed by atoms with Gasteiger partial charge in [0.1, 0.15) is 12.1 Å². The SMILES string of the molecule is CC1CCC2(CC1)NC(=O)N(C[NH+](C)Cc1ccc(Cl)c(Cl)c1)C2=O. The Kier molecular flexibility index (Phi) is 5.28. The van der Waals surface area contributed by atoms with Gasteiger partial charge in [-0.1, -0.05) is 36.2 Å². The summed E-state index contributed by atoms with van der Waals surface area (Å²) < 4.78 is 0. The van der Waals surface area contributed by atoms with Crippen LogP contribution in [-0.2, 0) is 11.3 Å². The van der Waals surface area contributed by atoms with Crippen molar-refractivity contribution in [3.05, 3.63) is 33.8 Å². The van der Waals surface area contributed by atoms with Gasteiger partial charge in [0.15, 0.2) is 6.67 Å². The van der Waals surface area contributed by atoms with Gasteiger partial charge in [-0.25, -0.2) is 9.69 Å². The molecule has 136 valence electrons. The molecule has 0 radical (unpaired) electrons. The van der Waals surface area contributed by atoms with E-state index in [1.165, 1.54) is 4.90 Å². The fourth-order valence-corrected chi connectivity index (χ4v) is 4.06. The number of hydrogen-bond donors (Lipinski definition) is 2. The molecule has 1 saturated carbocycles. The highest BCUT2D eigenvalue weighted by Crippen LogP contribution is 2.35. The van der Waals surface area contributed by atoms with Gasteiger partial charge in [0.25, 0.3) is 5.91 Å². The average molecular weight is 385 g/mol. The first kappa shape index (κ1) is 18.5. The maximum absolute atomic E-state index is 12.9. The van der Waals surface area contributed by atoms with Crippen LogP contribution in [0.25, 0.3) is 0 Å². The largest absolute Gasteiger partial charge is 0.329 e. The van der Waals surface area contributed by atoms with Crippen LogP contribution in [0.4, 0.5) is 4.79 Å². The molecule has 1 unspecified atom stereocenters. The van der Waals surface area contributed by atoms with Crippen molar-refractivity contribution in [2.24, 2.45) is 5.92 Å². The molecule has 2 aliphatic rings. The van der Waals surface area contributed by atoms with E-state index in [0.717, 1.165) is 36.1 Å². The second-order valence-electron chi connectivity index (χ2n) is 7.47. The van der Waals surface area contributed by atoms with E-state index in [1.807, 2.05) is 19.2 Å². The Hall–Kier alpha value is -1.30. The lowest BCUT2D eigenvalue weighted by atomic mass is 9.77. The number of urea groups is 1. The topological polar surface area (TPSA) is 53.9 Å². The number of benzene rings is 1. The number of nitrogens with zero attached hydrogens (tertiary/aromatic N) is 1. The van der Waals surface area contributed by atoms with Crippen LogP contribution in [0.2, 0.25) is 10.0 Å². The molecule has 5 nitrogen and oxygen atoms in total. The summed E-state index contributed by atoms with van der Waals surface area (Å²) in [5.41, 5.74) is 0.341. The van der Waals surface area contributed by atoms with Gasteiger partial charge in [-0.05, 0) is 43.7 Å². The van der Waals surface area contributed by atoms with Crippen LogP contribution < -0.4 is 10.2 Å².